The first-order chi connectivity index (χ1) is 17.0. The van der Waals surface area contributed by atoms with Crippen LogP contribution in [0.25, 0.3) is 10.8 Å². The third-order valence-electron chi connectivity index (χ3n) is 6.74. The van der Waals surface area contributed by atoms with Crippen LogP contribution in [0.2, 0.25) is 0 Å². The highest BCUT2D eigenvalue weighted by Crippen LogP contribution is 2.33. The van der Waals surface area contributed by atoms with Crippen molar-refractivity contribution in [3.05, 3.63) is 53.3 Å². The molecule has 194 valence electrons. The highest BCUT2D eigenvalue weighted by atomic mass is 32.1. The summed E-state index contributed by atoms with van der Waals surface area (Å²) < 4.78 is 5.78. The van der Waals surface area contributed by atoms with Crippen LogP contribution in [-0.4, -0.2) is 49.1 Å². The van der Waals surface area contributed by atoms with Crippen LogP contribution in [0.4, 0.5) is 0 Å². The summed E-state index contributed by atoms with van der Waals surface area (Å²) >= 11 is 1.36. The average Bonchev–Trinajstić information content (AvgIpc) is 3.35. The molecule has 0 radical (unpaired) electrons. The number of esters is 1. The number of carbonyl (C=O) groups is 2. The molecular formula is C27H35N3O5S. The number of carbonyl (C=O) groups excluding carboxylic acids is 2. The normalized spacial score (nSPS) is 30.8. The van der Waals surface area contributed by atoms with E-state index in [1.54, 1.807) is 39.2 Å². The number of rotatable bonds is 2. The van der Waals surface area contributed by atoms with Gasteiger partial charge in [-0.1, -0.05) is 51.5 Å². The lowest BCUT2D eigenvalue weighted by molar-refractivity contribution is -0.156. The van der Waals surface area contributed by atoms with Gasteiger partial charge < -0.3 is 14.9 Å². The highest BCUT2D eigenvalue weighted by Gasteiger charge is 2.42. The average molecular weight is 514 g/mol. The molecule has 0 bridgehead atoms. The van der Waals surface area contributed by atoms with Crippen LogP contribution in [0, 0.1) is 17.3 Å². The zero-order valence-electron chi connectivity index (χ0n) is 21.4. The zero-order valence-corrected chi connectivity index (χ0v) is 22.2. The Labute approximate surface area is 216 Å². The number of nitrogens with zero attached hydrogens (tertiary/aromatic N) is 3. The predicted octanol–water partition coefficient (Wildman–Crippen LogP) is 4.46. The minimum absolute atomic E-state index is 0.246. The van der Waals surface area contributed by atoms with E-state index in [1.165, 1.54) is 11.3 Å². The van der Waals surface area contributed by atoms with Gasteiger partial charge in [-0.15, -0.1) is 11.3 Å². The number of allylic oxidation sites excluding steroid dienone is 2. The Morgan fingerprint density at radius 3 is 2.53 bits per heavy atom. The number of Topliss-reactive ketones (excluding diaryl/α,β-unsaturated/α-hetero) is 1. The second kappa shape index (κ2) is 12.0. The van der Waals surface area contributed by atoms with Crippen LogP contribution in [0.15, 0.2) is 47.6 Å². The minimum Gasteiger partial charge on any atom is -0.455 e. The van der Waals surface area contributed by atoms with E-state index in [1.807, 2.05) is 37.5 Å². The smallest absolute Gasteiger partial charge is 0.309 e. The van der Waals surface area contributed by atoms with E-state index < -0.39 is 35.6 Å². The Balaban J connectivity index is 1.91. The molecule has 1 aliphatic rings. The molecule has 0 spiro atoms. The van der Waals surface area contributed by atoms with Crippen LogP contribution in [-0.2, 0) is 14.3 Å². The van der Waals surface area contributed by atoms with Gasteiger partial charge in [0.15, 0.2) is 10.8 Å². The van der Waals surface area contributed by atoms with Crippen LogP contribution >= 0.6 is 11.3 Å². The van der Waals surface area contributed by atoms with Crippen LogP contribution < -0.4 is 0 Å². The Morgan fingerprint density at radius 2 is 1.83 bits per heavy atom. The summed E-state index contributed by atoms with van der Waals surface area (Å²) in [6.45, 7) is 8.69. The SMILES string of the molecule is C/C1=C/C[C@@H](c2csc(-c3ncccn3)n2)OC(=O)C[C@H](O)C(C)(C)C(=O)[C@H](C)C(O)[C@@H](C)/C=C/C1. The third-order valence-corrected chi connectivity index (χ3v) is 7.59. The van der Waals surface area contributed by atoms with Gasteiger partial charge in [0.2, 0.25) is 0 Å². The number of thiazole rings is 1. The number of aromatic nitrogens is 3. The molecule has 1 unspecified atom stereocenters. The van der Waals surface area contributed by atoms with Crippen molar-refractivity contribution in [2.75, 3.05) is 0 Å². The highest BCUT2D eigenvalue weighted by molar-refractivity contribution is 7.13. The fourth-order valence-electron chi connectivity index (χ4n) is 4.13. The van der Waals surface area contributed by atoms with Gasteiger partial charge in [-0.05, 0) is 19.4 Å². The number of hydrogen-bond donors (Lipinski definition) is 2. The lowest BCUT2D eigenvalue weighted by Gasteiger charge is -2.34. The molecule has 9 heteroatoms. The van der Waals surface area contributed by atoms with Gasteiger partial charge >= 0.3 is 5.97 Å². The van der Waals surface area contributed by atoms with E-state index in [0.717, 1.165) is 5.57 Å². The van der Waals surface area contributed by atoms with Crippen molar-refractivity contribution in [1.29, 1.82) is 0 Å². The van der Waals surface area contributed by atoms with Crippen molar-refractivity contribution in [3.63, 3.8) is 0 Å². The number of ether oxygens (including phenoxy) is 1. The number of ketones is 1. The van der Waals surface area contributed by atoms with Gasteiger partial charge in [0.1, 0.15) is 11.9 Å². The first-order valence-corrected chi connectivity index (χ1v) is 13.0. The second-order valence-electron chi connectivity index (χ2n) is 9.99. The van der Waals surface area contributed by atoms with Crippen LogP contribution in [0.5, 0.6) is 0 Å². The predicted molar refractivity (Wildman–Crippen MR) is 138 cm³/mol. The Hall–Kier alpha value is -2.75. The largest absolute Gasteiger partial charge is 0.455 e. The first-order valence-electron chi connectivity index (χ1n) is 12.2. The second-order valence-corrected chi connectivity index (χ2v) is 10.8. The maximum atomic E-state index is 13.2. The molecule has 5 atom stereocenters. The number of aliphatic hydroxyl groups excluding tert-OH is 2. The summed E-state index contributed by atoms with van der Waals surface area (Å²) in [6, 6.07) is 1.73. The topological polar surface area (TPSA) is 123 Å². The molecule has 0 saturated heterocycles. The van der Waals surface area contributed by atoms with E-state index in [0.29, 0.717) is 29.4 Å². The molecule has 36 heavy (non-hydrogen) atoms. The Bertz CT molecular complexity index is 1110. The molecule has 0 fully saturated rings. The first kappa shape index (κ1) is 27.8. The molecule has 0 amide bonds. The van der Waals surface area contributed by atoms with Gasteiger partial charge in [-0.3, -0.25) is 9.59 Å². The summed E-state index contributed by atoms with van der Waals surface area (Å²) in [5.41, 5.74) is 0.393. The molecule has 0 aromatic carbocycles. The van der Waals surface area contributed by atoms with E-state index in [-0.39, 0.29) is 18.1 Å². The van der Waals surface area contributed by atoms with Crippen LogP contribution in [0.3, 0.4) is 0 Å². The lowest BCUT2D eigenvalue weighted by Crippen LogP contribution is -2.45. The van der Waals surface area contributed by atoms with Crippen molar-refractivity contribution < 1.29 is 24.5 Å². The Morgan fingerprint density at radius 1 is 1.14 bits per heavy atom. The quantitative estimate of drug-likeness (QED) is 0.446. The Kier molecular flexibility index (Phi) is 9.27. The molecule has 1 aliphatic heterocycles. The van der Waals surface area contributed by atoms with Gasteiger partial charge in [0.25, 0.3) is 0 Å². The van der Waals surface area contributed by atoms with E-state index >= 15 is 0 Å². The van der Waals surface area contributed by atoms with Crippen molar-refractivity contribution in [2.24, 2.45) is 17.3 Å². The summed E-state index contributed by atoms with van der Waals surface area (Å²) in [5.74, 6) is -1.40. The molecule has 2 aromatic rings. The number of aliphatic hydroxyl groups is 2. The molecular weight excluding hydrogens is 478 g/mol. The number of hydrogen-bond acceptors (Lipinski definition) is 9. The number of cyclic esters (lactones) is 1. The molecule has 2 N–H and O–H groups in total. The van der Waals surface area contributed by atoms with E-state index in [9.17, 15) is 19.8 Å². The molecule has 2 aromatic heterocycles. The van der Waals surface area contributed by atoms with E-state index in [4.69, 9.17) is 4.74 Å². The standard InChI is InChI=1S/C27H35N3O5S/c1-16-8-6-9-17(2)23(33)18(3)24(34)27(4,5)21(31)14-22(32)35-20(11-10-16)19-15-36-26(30-19)25-28-12-7-13-29-25/h6-7,9-10,12-13,15,17-18,20-21,23,31,33H,8,11,14H2,1-5H3/b9-6+,16-10-/t17-,18+,20-,21-,23?/m0/s1. The molecule has 3 rings (SSSR count). The van der Waals surface area contributed by atoms with Crippen molar-refractivity contribution in [1.82, 2.24) is 15.0 Å². The summed E-state index contributed by atoms with van der Waals surface area (Å²) in [5, 5.41) is 24.0. The fraction of sp³-hybridized carbons (Fsp3) is 0.519. The lowest BCUT2D eigenvalue weighted by atomic mass is 9.73. The maximum Gasteiger partial charge on any atom is 0.309 e. The van der Waals surface area contributed by atoms with Gasteiger partial charge in [0, 0.05) is 36.0 Å². The van der Waals surface area contributed by atoms with Crippen molar-refractivity contribution in [3.8, 4) is 10.8 Å². The summed E-state index contributed by atoms with van der Waals surface area (Å²) in [4.78, 5) is 39.2. The summed E-state index contributed by atoms with van der Waals surface area (Å²) in [6.07, 6.45) is 7.03. The molecule has 8 nitrogen and oxygen atoms in total. The van der Waals surface area contributed by atoms with Gasteiger partial charge in [-0.25, -0.2) is 15.0 Å². The van der Waals surface area contributed by atoms with Crippen LogP contribution in [0.1, 0.15) is 65.7 Å². The zero-order chi connectivity index (χ0) is 26.5. The fourth-order valence-corrected chi connectivity index (χ4v) is 4.94. The van der Waals surface area contributed by atoms with Crippen molar-refractivity contribution in [2.45, 2.75) is 72.2 Å². The van der Waals surface area contributed by atoms with E-state index in [2.05, 4.69) is 15.0 Å². The van der Waals surface area contributed by atoms with Gasteiger partial charge in [0.05, 0.1) is 29.7 Å². The summed E-state index contributed by atoms with van der Waals surface area (Å²) in [7, 11) is 0. The third kappa shape index (κ3) is 6.72. The maximum absolute atomic E-state index is 13.2. The molecule has 0 saturated carbocycles. The van der Waals surface area contributed by atoms with Gasteiger partial charge in [-0.2, -0.15) is 0 Å². The van der Waals surface area contributed by atoms with Crippen molar-refractivity contribution >= 4 is 23.1 Å². The molecule has 3 heterocycles. The minimum atomic E-state index is -1.27. The monoisotopic (exact) mass is 513 g/mol. The molecule has 0 aliphatic carbocycles.